The number of anilines is 1. The highest BCUT2D eigenvalue weighted by Crippen LogP contribution is 2.32. The van der Waals surface area contributed by atoms with Gasteiger partial charge in [-0.3, -0.25) is 4.79 Å². The van der Waals surface area contributed by atoms with E-state index in [-0.39, 0.29) is 12.2 Å². The summed E-state index contributed by atoms with van der Waals surface area (Å²) in [5, 5.41) is 15.5. The van der Waals surface area contributed by atoms with Crippen LogP contribution in [0.4, 0.5) is 5.69 Å². The Hall–Kier alpha value is -3.78. The van der Waals surface area contributed by atoms with Crippen molar-refractivity contribution in [1.82, 2.24) is 0 Å². The van der Waals surface area contributed by atoms with Crippen molar-refractivity contribution in [3.05, 3.63) is 111 Å². The number of nitriles is 1. The molecule has 6 heteroatoms. The topological polar surface area (TPSA) is 62.1 Å². The van der Waals surface area contributed by atoms with Crippen LogP contribution in [0.25, 0.3) is 16.8 Å². The minimum atomic E-state index is -0.530. The van der Waals surface area contributed by atoms with Crippen molar-refractivity contribution in [2.24, 2.45) is 0 Å². The lowest BCUT2D eigenvalue weighted by molar-refractivity contribution is -0.112. The summed E-state index contributed by atoms with van der Waals surface area (Å²) in [6, 6.07) is 26.2. The fourth-order valence-corrected chi connectivity index (χ4v) is 3.90. The minimum absolute atomic E-state index is 0.0571. The minimum Gasteiger partial charge on any atom is -0.488 e. The third kappa shape index (κ3) is 5.23. The Morgan fingerprint density at radius 1 is 1.03 bits per heavy atom. The first kappa shape index (κ1) is 23.4. The van der Waals surface area contributed by atoms with Crippen molar-refractivity contribution in [3.63, 3.8) is 0 Å². The lowest BCUT2D eigenvalue weighted by atomic mass is 10.0. The standard InChI is InChI=1S/C28H20Cl2N2O2/c1-18-10-12-22(29)15-26(18)32-28(33)21(16-31)14-24-23-8-4-2-6-19(23)11-13-27(24)34-17-20-7-3-5-9-25(20)30/h2-15H,17H2,1H3,(H,32,33)/b21-14+. The van der Waals surface area contributed by atoms with E-state index in [9.17, 15) is 10.1 Å². The third-order valence-corrected chi connectivity index (χ3v) is 5.98. The van der Waals surface area contributed by atoms with E-state index in [1.165, 1.54) is 0 Å². The second-order valence-electron chi connectivity index (χ2n) is 7.66. The first-order chi connectivity index (χ1) is 16.5. The lowest BCUT2D eigenvalue weighted by Crippen LogP contribution is -2.14. The Balaban J connectivity index is 1.72. The molecule has 1 N–H and O–H groups in total. The first-order valence-corrected chi connectivity index (χ1v) is 11.3. The molecular weight excluding hydrogens is 467 g/mol. The van der Waals surface area contributed by atoms with E-state index >= 15 is 0 Å². The van der Waals surface area contributed by atoms with Crippen LogP contribution in [0.2, 0.25) is 10.0 Å². The molecule has 0 fully saturated rings. The molecule has 0 aliphatic carbocycles. The lowest BCUT2D eigenvalue weighted by Gasteiger charge is -2.14. The quantitative estimate of drug-likeness (QED) is 0.225. The highest BCUT2D eigenvalue weighted by molar-refractivity contribution is 6.31. The van der Waals surface area contributed by atoms with Crippen LogP contribution >= 0.6 is 23.2 Å². The van der Waals surface area contributed by atoms with E-state index < -0.39 is 5.91 Å². The number of aryl methyl sites for hydroxylation is 1. The zero-order valence-electron chi connectivity index (χ0n) is 18.3. The number of hydrogen-bond donors (Lipinski definition) is 1. The zero-order chi connectivity index (χ0) is 24.1. The van der Waals surface area contributed by atoms with Crippen LogP contribution in [0.5, 0.6) is 5.75 Å². The van der Waals surface area contributed by atoms with Crippen molar-refractivity contribution in [2.75, 3.05) is 5.32 Å². The Labute approximate surface area is 208 Å². The van der Waals surface area contributed by atoms with Gasteiger partial charge < -0.3 is 10.1 Å². The molecule has 0 atom stereocenters. The molecule has 0 unspecified atom stereocenters. The van der Waals surface area contributed by atoms with Gasteiger partial charge in [0.2, 0.25) is 0 Å². The summed E-state index contributed by atoms with van der Waals surface area (Å²) < 4.78 is 6.10. The highest BCUT2D eigenvalue weighted by Gasteiger charge is 2.15. The number of hydrogen-bond acceptors (Lipinski definition) is 3. The number of nitrogens with one attached hydrogen (secondary N) is 1. The van der Waals surface area contributed by atoms with Gasteiger partial charge in [-0.2, -0.15) is 5.26 Å². The predicted octanol–water partition coefficient (Wildman–Crippen LogP) is 7.58. The van der Waals surface area contributed by atoms with E-state index in [1.807, 2.05) is 67.6 Å². The van der Waals surface area contributed by atoms with Gasteiger partial charge in [0.25, 0.3) is 5.91 Å². The average Bonchev–Trinajstić information content (AvgIpc) is 2.84. The van der Waals surface area contributed by atoms with E-state index in [0.717, 1.165) is 21.9 Å². The fourth-order valence-electron chi connectivity index (χ4n) is 3.53. The van der Waals surface area contributed by atoms with Crippen molar-refractivity contribution >= 4 is 51.6 Å². The molecule has 0 heterocycles. The maximum absolute atomic E-state index is 13.0. The molecule has 0 spiro atoms. The molecular formula is C28H20Cl2N2O2. The van der Waals surface area contributed by atoms with Crippen molar-refractivity contribution in [3.8, 4) is 11.8 Å². The molecule has 0 bridgehead atoms. The van der Waals surface area contributed by atoms with Gasteiger partial charge in [-0.05, 0) is 53.6 Å². The van der Waals surface area contributed by atoms with Crippen LogP contribution in [0.1, 0.15) is 16.7 Å². The SMILES string of the molecule is Cc1ccc(Cl)cc1NC(=O)/C(C#N)=C/c1c(OCc2ccccc2Cl)ccc2ccccc12. The summed E-state index contributed by atoms with van der Waals surface area (Å²) >= 11 is 12.3. The molecule has 168 valence electrons. The number of ether oxygens (including phenoxy) is 1. The Kier molecular flexibility index (Phi) is 7.18. The molecule has 4 aromatic rings. The fraction of sp³-hybridized carbons (Fsp3) is 0.0714. The molecule has 4 rings (SSSR count). The van der Waals surface area contributed by atoms with Crippen molar-refractivity contribution < 1.29 is 9.53 Å². The van der Waals surface area contributed by atoms with Crippen molar-refractivity contribution in [1.29, 1.82) is 5.26 Å². The highest BCUT2D eigenvalue weighted by atomic mass is 35.5. The summed E-state index contributed by atoms with van der Waals surface area (Å²) in [4.78, 5) is 13.0. The average molecular weight is 487 g/mol. The van der Waals surface area contributed by atoms with Gasteiger partial charge in [-0.25, -0.2) is 0 Å². The van der Waals surface area contributed by atoms with Crippen LogP contribution in [0, 0.1) is 18.3 Å². The molecule has 0 aliphatic rings. The van der Waals surface area contributed by atoms with Gasteiger partial charge in [-0.1, -0.05) is 77.8 Å². The number of carbonyl (C=O) groups is 1. The van der Waals surface area contributed by atoms with E-state index in [1.54, 1.807) is 30.3 Å². The van der Waals surface area contributed by atoms with Crippen LogP contribution in [0.3, 0.4) is 0 Å². The summed E-state index contributed by atoms with van der Waals surface area (Å²) in [6.07, 6.45) is 1.56. The molecule has 1 amide bonds. The number of amides is 1. The van der Waals surface area contributed by atoms with Gasteiger partial charge in [0.1, 0.15) is 24.0 Å². The Morgan fingerprint density at radius 3 is 2.59 bits per heavy atom. The monoisotopic (exact) mass is 486 g/mol. The summed E-state index contributed by atoms with van der Waals surface area (Å²) in [6.45, 7) is 2.10. The number of rotatable bonds is 6. The van der Waals surface area contributed by atoms with Crippen LogP contribution in [-0.4, -0.2) is 5.91 Å². The second kappa shape index (κ2) is 10.4. The van der Waals surface area contributed by atoms with Gasteiger partial charge in [0.05, 0.1) is 0 Å². The normalized spacial score (nSPS) is 11.2. The molecule has 0 saturated carbocycles. The van der Waals surface area contributed by atoms with Gasteiger partial charge in [0, 0.05) is 26.9 Å². The maximum atomic E-state index is 13.0. The molecule has 4 nitrogen and oxygen atoms in total. The Morgan fingerprint density at radius 2 is 1.79 bits per heavy atom. The van der Waals surface area contributed by atoms with Gasteiger partial charge in [-0.15, -0.1) is 0 Å². The third-order valence-electron chi connectivity index (χ3n) is 5.37. The maximum Gasteiger partial charge on any atom is 0.266 e. The van der Waals surface area contributed by atoms with Gasteiger partial charge >= 0.3 is 0 Å². The molecule has 0 saturated heterocycles. The number of nitrogens with zero attached hydrogens (tertiary/aromatic N) is 1. The molecule has 4 aromatic carbocycles. The van der Waals surface area contributed by atoms with Crippen LogP contribution in [-0.2, 0) is 11.4 Å². The van der Waals surface area contributed by atoms with E-state index in [0.29, 0.717) is 27.0 Å². The summed E-state index contributed by atoms with van der Waals surface area (Å²) in [5.41, 5.74) is 2.80. The first-order valence-electron chi connectivity index (χ1n) is 10.5. The van der Waals surface area contributed by atoms with E-state index in [2.05, 4.69) is 5.32 Å². The summed E-state index contributed by atoms with van der Waals surface area (Å²) in [7, 11) is 0. The number of benzene rings is 4. The summed E-state index contributed by atoms with van der Waals surface area (Å²) in [5.74, 6) is 0.0101. The van der Waals surface area contributed by atoms with Crippen LogP contribution < -0.4 is 10.1 Å². The smallest absolute Gasteiger partial charge is 0.266 e. The van der Waals surface area contributed by atoms with Crippen molar-refractivity contribution in [2.45, 2.75) is 13.5 Å². The molecule has 0 aromatic heterocycles. The zero-order valence-corrected chi connectivity index (χ0v) is 19.8. The molecule has 34 heavy (non-hydrogen) atoms. The largest absolute Gasteiger partial charge is 0.488 e. The number of fused-ring (bicyclic) bond motifs is 1. The molecule has 0 radical (unpaired) electrons. The van der Waals surface area contributed by atoms with Gasteiger partial charge in [0.15, 0.2) is 0 Å². The number of halogens is 2. The van der Waals surface area contributed by atoms with E-state index in [4.69, 9.17) is 27.9 Å². The second-order valence-corrected chi connectivity index (χ2v) is 8.51. The number of carbonyl (C=O) groups excluding carboxylic acids is 1. The Bertz CT molecular complexity index is 1450. The van der Waals surface area contributed by atoms with Crippen LogP contribution in [0.15, 0.2) is 84.4 Å². The predicted molar refractivity (Wildman–Crippen MR) is 138 cm³/mol. The molecule has 0 aliphatic heterocycles.